The maximum absolute atomic E-state index is 13.4. The zero-order valence-corrected chi connectivity index (χ0v) is 13.2. The molecule has 1 N–H and O–H groups in total. The standard InChI is InChI=1S/C11H13Cl3FNO2S/c1-7(12)3-2-6-16-19(17,18)9-5-4-8(13)11(15)10(9)14/h4-5,7,16H,2-3,6H2,1H3. The molecule has 1 rings (SSSR count). The lowest BCUT2D eigenvalue weighted by Gasteiger charge is -2.09. The van der Waals surface area contributed by atoms with Gasteiger partial charge >= 0.3 is 0 Å². The van der Waals surface area contributed by atoms with Crippen molar-refractivity contribution < 1.29 is 12.8 Å². The number of nitrogens with one attached hydrogen (secondary N) is 1. The minimum atomic E-state index is -3.85. The van der Waals surface area contributed by atoms with E-state index in [0.29, 0.717) is 12.8 Å². The summed E-state index contributed by atoms with van der Waals surface area (Å²) >= 11 is 16.9. The summed E-state index contributed by atoms with van der Waals surface area (Å²) in [4.78, 5) is -0.324. The maximum Gasteiger partial charge on any atom is 0.242 e. The first-order valence-corrected chi connectivity index (χ1v) is 8.20. The second-order valence-corrected chi connectivity index (χ2v) is 7.26. The van der Waals surface area contributed by atoms with Crippen molar-refractivity contribution >= 4 is 44.8 Å². The molecule has 0 aliphatic heterocycles. The van der Waals surface area contributed by atoms with Gasteiger partial charge in [0.2, 0.25) is 10.0 Å². The molecule has 0 aromatic heterocycles. The van der Waals surface area contributed by atoms with Crippen molar-refractivity contribution in [2.45, 2.75) is 30.0 Å². The van der Waals surface area contributed by atoms with E-state index >= 15 is 0 Å². The second-order valence-electron chi connectivity index (χ2n) is 3.99. The molecule has 3 nitrogen and oxygen atoms in total. The highest BCUT2D eigenvalue weighted by Gasteiger charge is 2.21. The van der Waals surface area contributed by atoms with Crippen molar-refractivity contribution in [3.05, 3.63) is 28.0 Å². The van der Waals surface area contributed by atoms with Gasteiger partial charge < -0.3 is 0 Å². The number of hydrogen-bond acceptors (Lipinski definition) is 2. The average molecular weight is 349 g/mol. The van der Waals surface area contributed by atoms with Crippen LogP contribution >= 0.6 is 34.8 Å². The SMILES string of the molecule is CC(Cl)CCCNS(=O)(=O)c1ccc(Cl)c(F)c1Cl. The molecule has 0 saturated heterocycles. The highest BCUT2D eigenvalue weighted by Crippen LogP contribution is 2.29. The molecule has 0 saturated carbocycles. The Morgan fingerprint density at radius 2 is 2.00 bits per heavy atom. The van der Waals surface area contributed by atoms with Gasteiger partial charge in [0, 0.05) is 11.9 Å². The van der Waals surface area contributed by atoms with Gasteiger partial charge in [0.05, 0.1) is 10.0 Å². The summed E-state index contributed by atoms with van der Waals surface area (Å²) in [5.41, 5.74) is 0. The Bertz CT molecular complexity index is 549. The third kappa shape index (κ3) is 4.76. The molecular weight excluding hydrogens is 336 g/mol. The van der Waals surface area contributed by atoms with Crippen molar-refractivity contribution in [3.8, 4) is 0 Å². The van der Waals surface area contributed by atoms with E-state index in [-0.39, 0.29) is 21.8 Å². The minimum Gasteiger partial charge on any atom is -0.211 e. The molecule has 0 heterocycles. The van der Waals surface area contributed by atoms with Gasteiger partial charge in [-0.25, -0.2) is 17.5 Å². The quantitative estimate of drug-likeness (QED) is 0.482. The summed E-state index contributed by atoms with van der Waals surface area (Å²) in [6.45, 7) is 2.03. The van der Waals surface area contributed by atoms with Gasteiger partial charge in [-0.2, -0.15) is 0 Å². The van der Waals surface area contributed by atoms with Crippen LogP contribution < -0.4 is 4.72 Å². The molecule has 1 aromatic rings. The molecule has 8 heteroatoms. The third-order valence-electron chi connectivity index (χ3n) is 2.36. The van der Waals surface area contributed by atoms with Crippen molar-refractivity contribution in [2.75, 3.05) is 6.54 Å². The first-order chi connectivity index (χ1) is 8.75. The monoisotopic (exact) mass is 347 g/mol. The molecule has 0 bridgehead atoms. The van der Waals surface area contributed by atoms with Gasteiger partial charge in [-0.15, -0.1) is 11.6 Å². The van der Waals surface area contributed by atoms with E-state index in [9.17, 15) is 12.8 Å². The van der Waals surface area contributed by atoms with Crippen molar-refractivity contribution in [2.24, 2.45) is 0 Å². The molecule has 0 aliphatic carbocycles. The summed E-state index contributed by atoms with van der Waals surface area (Å²) in [7, 11) is -3.85. The number of benzene rings is 1. The van der Waals surface area contributed by atoms with Gasteiger partial charge in [-0.3, -0.25) is 0 Å². The molecule has 0 radical (unpaired) electrons. The first-order valence-electron chi connectivity index (χ1n) is 5.53. The zero-order valence-electron chi connectivity index (χ0n) is 10.1. The van der Waals surface area contributed by atoms with E-state index in [0.717, 1.165) is 6.07 Å². The van der Waals surface area contributed by atoms with Crippen molar-refractivity contribution in [3.63, 3.8) is 0 Å². The van der Waals surface area contributed by atoms with Crippen LogP contribution in [0.25, 0.3) is 0 Å². The predicted octanol–water partition coefficient (Wildman–Crippen LogP) is 3.82. The Kier molecular flexibility index (Phi) is 6.33. The zero-order chi connectivity index (χ0) is 14.6. The van der Waals surface area contributed by atoms with E-state index in [4.69, 9.17) is 34.8 Å². The molecule has 1 atom stereocenters. The average Bonchev–Trinajstić information content (AvgIpc) is 2.31. The van der Waals surface area contributed by atoms with Gasteiger partial charge in [0.25, 0.3) is 0 Å². The molecule has 19 heavy (non-hydrogen) atoms. The summed E-state index contributed by atoms with van der Waals surface area (Å²) < 4.78 is 39.6. The van der Waals surface area contributed by atoms with Crippen LogP contribution in [0, 0.1) is 5.82 Å². The Labute approximate surface area is 127 Å². The van der Waals surface area contributed by atoms with Gasteiger partial charge in [-0.05, 0) is 31.9 Å². The molecule has 0 amide bonds. The Morgan fingerprint density at radius 3 is 2.58 bits per heavy atom. The Morgan fingerprint density at radius 1 is 1.37 bits per heavy atom. The minimum absolute atomic E-state index is 0.0268. The van der Waals surface area contributed by atoms with Crippen LogP contribution in [-0.2, 0) is 10.0 Å². The number of alkyl halides is 1. The highest BCUT2D eigenvalue weighted by molar-refractivity contribution is 7.89. The lowest BCUT2D eigenvalue weighted by molar-refractivity contribution is 0.573. The fraction of sp³-hybridized carbons (Fsp3) is 0.455. The van der Waals surface area contributed by atoms with Crippen molar-refractivity contribution in [1.29, 1.82) is 0 Å². The van der Waals surface area contributed by atoms with Crippen LogP contribution in [0.4, 0.5) is 4.39 Å². The van der Waals surface area contributed by atoms with Gasteiger partial charge in [0.1, 0.15) is 4.90 Å². The summed E-state index contributed by atoms with van der Waals surface area (Å²) in [6.07, 6.45) is 1.25. The topological polar surface area (TPSA) is 46.2 Å². The van der Waals surface area contributed by atoms with E-state index in [1.165, 1.54) is 6.07 Å². The van der Waals surface area contributed by atoms with Crippen LogP contribution in [0.15, 0.2) is 17.0 Å². The van der Waals surface area contributed by atoms with Crippen LogP contribution in [0.1, 0.15) is 19.8 Å². The maximum atomic E-state index is 13.4. The lowest BCUT2D eigenvalue weighted by Crippen LogP contribution is -2.25. The van der Waals surface area contributed by atoms with E-state index < -0.39 is 20.9 Å². The summed E-state index contributed by atoms with van der Waals surface area (Å²) in [6, 6.07) is 2.32. The normalized spacial score (nSPS) is 13.5. The van der Waals surface area contributed by atoms with Gasteiger partial charge in [-0.1, -0.05) is 23.2 Å². The number of sulfonamides is 1. The van der Waals surface area contributed by atoms with E-state index in [1.54, 1.807) is 0 Å². The first kappa shape index (κ1) is 17.0. The predicted molar refractivity (Wildman–Crippen MR) is 76.2 cm³/mol. The fourth-order valence-electron chi connectivity index (χ4n) is 1.38. The number of rotatable bonds is 6. The molecule has 1 aromatic carbocycles. The Balaban J connectivity index is 2.81. The van der Waals surface area contributed by atoms with Crippen LogP contribution in [0.5, 0.6) is 0 Å². The van der Waals surface area contributed by atoms with Crippen molar-refractivity contribution in [1.82, 2.24) is 4.72 Å². The van der Waals surface area contributed by atoms with Gasteiger partial charge in [0.15, 0.2) is 5.82 Å². The van der Waals surface area contributed by atoms with Crippen LogP contribution in [-0.4, -0.2) is 20.3 Å². The lowest BCUT2D eigenvalue weighted by atomic mass is 10.2. The van der Waals surface area contributed by atoms with E-state index in [2.05, 4.69) is 4.72 Å². The number of hydrogen-bond donors (Lipinski definition) is 1. The molecule has 0 fully saturated rings. The van der Waals surface area contributed by atoms with Crippen LogP contribution in [0.2, 0.25) is 10.0 Å². The Hall–Kier alpha value is -0.0700. The molecular formula is C11H13Cl3FNO2S. The van der Waals surface area contributed by atoms with Crippen LogP contribution in [0.3, 0.4) is 0 Å². The largest absolute Gasteiger partial charge is 0.242 e. The van der Waals surface area contributed by atoms with E-state index in [1.807, 2.05) is 6.92 Å². The third-order valence-corrected chi connectivity index (χ3v) is 4.86. The molecule has 0 aliphatic rings. The highest BCUT2D eigenvalue weighted by atomic mass is 35.5. The summed E-state index contributed by atoms with van der Waals surface area (Å²) in [5.74, 6) is -0.944. The number of halogens is 4. The fourth-order valence-corrected chi connectivity index (χ4v) is 3.35. The molecule has 0 spiro atoms. The molecule has 1 unspecified atom stereocenters. The molecule has 108 valence electrons. The summed E-state index contributed by atoms with van der Waals surface area (Å²) in [5, 5.41) is -0.758. The smallest absolute Gasteiger partial charge is 0.211 e. The second kappa shape index (κ2) is 7.09.